The molecule has 52 heavy (non-hydrogen) atoms. The summed E-state index contributed by atoms with van der Waals surface area (Å²) in [6, 6.07) is 20.9. The van der Waals surface area contributed by atoms with Gasteiger partial charge in [-0.15, -0.1) is 11.3 Å². The zero-order valence-corrected chi connectivity index (χ0v) is 29.4. The first-order chi connectivity index (χ1) is 25.1. The van der Waals surface area contributed by atoms with Crippen LogP contribution < -0.4 is 10.2 Å². The van der Waals surface area contributed by atoms with E-state index >= 15 is 4.79 Å². The van der Waals surface area contributed by atoms with E-state index in [2.05, 4.69) is 5.43 Å². The van der Waals surface area contributed by atoms with Gasteiger partial charge in [0.25, 0.3) is 11.8 Å². The maximum atomic E-state index is 15.1. The normalized spacial score (nSPS) is 26.8. The Kier molecular flexibility index (Phi) is 8.50. The largest absolute Gasteiger partial charge is 0.504 e. The molecule has 1 saturated carbocycles. The van der Waals surface area contributed by atoms with Crippen molar-refractivity contribution in [2.45, 2.75) is 24.8 Å². The van der Waals surface area contributed by atoms with E-state index in [0.29, 0.717) is 28.3 Å². The third-order valence-electron chi connectivity index (χ3n) is 11.0. The lowest BCUT2D eigenvalue weighted by molar-refractivity contribution is -0.141. The monoisotopic (exact) mass is 737 g/mol. The first-order valence-corrected chi connectivity index (χ1v) is 18.2. The summed E-state index contributed by atoms with van der Waals surface area (Å²) in [7, 11) is 1.45. The molecule has 0 unspecified atom stereocenters. The van der Waals surface area contributed by atoms with E-state index in [9.17, 15) is 23.9 Å². The van der Waals surface area contributed by atoms with Crippen LogP contribution in [0, 0.1) is 35.4 Å². The molecule has 2 aliphatic heterocycles. The van der Waals surface area contributed by atoms with Gasteiger partial charge in [-0.2, -0.15) is 5.01 Å². The summed E-state index contributed by atoms with van der Waals surface area (Å²) in [5.41, 5.74) is 3.84. The van der Waals surface area contributed by atoms with Crippen LogP contribution in [0.15, 0.2) is 102 Å². The van der Waals surface area contributed by atoms with Crippen molar-refractivity contribution in [3.8, 4) is 11.5 Å². The summed E-state index contributed by atoms with van der Waals surface area (Å²) in [4.78, 5) is 60.2. The van der Waals surface area contributed by atoms with Crippen molar-refractivity contribution in [1.29, 1.82) is 0 Å². The van der Waals surface area contributed by atoms with Crippen LogP contribution in [0.4, 0.5) is 10.1 Å². The molecule has 1 aromatic heterocycles. The highest BCUT2D eigenvalue weighted by molar-refractivity contribution is 7.09. The van der Waals surface area contributed by atoms with Gasteiger partial charge in [0.2, 0.25) is 11.8 Å². The summed E-state index contributed by atoms with van der Waals surface area (Å²) in [5.74, 6) is -5.27. The number of phenols is 1. The Hall–Kier alpha value is -5.26. The number of nitrogens with one attached hydrogen (secondary N) is 1. The third kappa shape index (κ3) is 5.33. The van der Waals surface area contributed by atoms with Gasteiger partial charge in [-0.05, 0) is 89.9 Å². The molecule has 6 atom stereocenters. The number of hydrogen-bond acceptors (Lipinski definition) is 8. The van der Waals surface area contributed by atoms with Crippen LogP contribution in [0.25, 0.3) is 6.08 Å². The Morgan fingerprint density at radius 1 is 1.00 bits per heavy atom. The third-order valence-corrected chi connectivity index (χ3v) is 12.1. The fourth-order valence-electron chi connectivity index (χ4n) is 8.69. The summed E-state index contributed by atoms with van der Waals surface area (Å²) in [6.45, 7) is 0.182. The van der Waals surface area contributed by atoms with E-state index < -0.39 is 52.6 Å². The van der Waals surface area contributed by atoms with E-state index in [1.807, 2.05) is 35.7 Å². The van der Waals surface area contributed by atoms with Gasteiger partial charge in [0.05, 0.1) is 42.5 Å². The average Bonchev–Trinajstić information content (AvgIpc) is 3.81. The molecule has 12 heteroatoms. The summed E-state index contributed by atoms with van der Waals surface area (Å²) in [5, 5.41) is 13.6. The number of nitrogens with zero attached hydrogens (tertiary/aromatic N) is 2. The second kappa shape index (κ2) is 13.1. The molecule has 3 fully saturated rings. The quantitative estimate of drug-likeness (QED) is 0.148. The number of likely N-dealkylation sites (tertiary alicyclic amines) is 1. The number of aromatic hydroxyl groups is 1. The number of hydrogen-bond donors (Lipinski definition) is 2. The van der Waals surface area contributed by atoms with E-state index in [0.717, 1.165) is 15.5 Å². The zero-order valence-electron chi connectivity index (χ0n) is 27.9. The number of methoxy groups -OCH3 is 1. The smallest absolute Gasteiger partial charge is 0.260 e. The predicted molar refractivity (Wildman–Crippen MR) is 193 cm³/mol. The topological polar surface area (TPSA) is 116 Å². The molecule has 0 spiro atoms. The minimum Gasteiger partial charge on any atom is -0.504 e. The lowest BCUT2D eigenvalue weighted by atomic mass is 9.50. The van der Waals surface area contributed by atoms with E-state index in [4.69, 9.17) is 16.3 Å². The van der Waals surface area contributed by atoms with Crippen molar-refractivity contribution in [1.82, 2.24) is 9.91 Å². The SMILES string of the molecule is COc1cc(C=C[C@H]2C3=CC[C@@H]4C(=O)N(Cc5cccs5)C(=O)[C@@H]4[C@@H]3C[C@H]3C(=O)N(Nc4ccc(F)cc4)C(=O)[C@@]23c2ccc(Cl)cc2)ccc1O. The number of thiophene rings is 1. The number of carbonyl (C=O) groups is 4. The molecule has 9 nitrogen and oxygen atoms in total. The molecule has 2 saturated heterocycles. The number of benzene rings is 3. The maximum absolute atomic E-state index is 15.1. The van der Waals surface area contributed by atoms with Crippen LogP contribution in [0.3, 0.4) is 0 Å². The zero-order chi connectivity index (χ0) is 36.3. The number of ether oxygens (including phenoxy) is 1. The van der Waals surface area contributed by atoms with Crippen LogP contribution in [-0.4, -0.2) is 45.8 Å². The van der Waals surface area contributed by atoms with Crippen molar-refractivity contribution in [2.75, 3.05) is 12.5 Å². The number of rotatable bonds is 8. The number of amides is 4. The van der Waals surface area contributed by atoms with Crippen molar-refractivity contribution in [3.63, 3.8) is 0 Å². The highest BCUT2D eigenvalue weighted by Gasteiger charge is 2.69. The molecule has 0 bridgehead atoms. The molecular formula is C40H33ClFN3O6S. The number of anilines is 1. The molecule has 2 N–H and O–H groups in total. The minimum atomic E-state index is -1.48. The summed E-state index contributed by atoms with van der Waals surface area (Å²) >= 11 is 7.83. The second-order valence-corrected chi connectivity index (χ2v) is 15.0. The number of allylic oxidation sites excluding steroid dienone is 3. The van der Waals surface area contributed by atoms with Crippen molar-refractivity contribution < 1.29 is 33.4 Å². The van der Waals surface area contributed by atoms with Crippen LogP contribution in [0.2, 0.25) is 5.02 Å². The van der Waals surface area contributed by atoms with Crippen molar-refractivity contribution in [2.24, 2.45) is 29.6 Å². The predicted octanol–water partition coefficient (Wildman–Crippen LogP) is 6.99. The summed E-state index contributed by atoms with van der Waals surface area (Å²) < 4.78 is 19.2. The van der Waals surface area contributed by atoms with Crippen LogP contribution >= 0.6 is 22.9 Å². The highest BCUT2D eigenvalue weighted by Crippen LogP contribution is 2.61. The van der Waals surface area contributed by atoms with Crippen molar-refractivity contribution in [3.05, 3.63) is 129 Å². The van der Waals surface area contributed by atoms with Crippen LogP contribution in [-0.2, 0) is 31.1 Å². The Morgan fingerprint density at radius 2 is 1.77 bits per heavy atom. The molecule has 8 rings (SSSR count). The van der Waals surface area contributed by atoms with Gasteiger partial charge in [0, 0.05) is 15.8 Å². The number of hydrazine groups is 1. The van der Waals surface area contributed by atoms with Crippen LogP contribution in [0.1, 0.15) is 28.8 Å². The van der Waals surface area contributed by atoms with E-state index in [1.54, 1.807) is 36.4 Å². The van der Waals surface area contributed by atoms with Gasteiger partial charge in [-0.1, -0.05) is 59.7 Å². The molecule has 264 valence electrons. The molecule has 2 aliphatic carbocycles. The Labute approximate surface area is 307 Å². The molecule has 4 aromatic rings. The average molecular weight is 738 g/mol. The minimum absolute atomic E-state index is 0.0355. The fourth-order valence-corrected chi connectivity index (χ4v) is 9.50. The number of fused-ring (bicyclic) bond motifs is 4. The Bertz CT molecular complexity index is 2150. The molecule has 4 aliphatic rings. The van der Waals surface area contributed by atoms with E-state index in [1.165, 1.54) is 53.7 Å². The summed E-state index contributed by atoms with van der Waals surface area (Å²) in [6.07, 6.45) is 6.13. The number of phenolic OH excluding ortho intramolecular Hbond substituents is 1. The van der Waals surface area contributed by atoms with Gasteiger partial charge >= 0.3 is 0 Å². The first kappa shape index (κ1) is 33.9. The standard InChI is InChI=1S/C40H33ClFN3O6S/c1-51-34-19-22(5-17-33(34)46)4-16-31-28-14-15-29-35(38(49)44(36(29)47)21-27-3-2-18-52-27)30(28)20-32-37(48)45(43-26-12-10-25(42)11-13-26)39(50)40(31,32)23-6-8-24(41)9-7-23/h2-14,16-19,29-32,35,43,46H,15,20-21H2,1H3/t29-,30+,31-,32-,35-,40-/m0/s1. The van der Waals surface area contributed by atoms with Gasteiger partial charge < -0.3 is 9.84 Å². The number of halogens is 2. The lowest BCUT2D eigenvalue weighted by Gasteiger charge is -2.49. The van der Waals surface area contributed by atoms with Crippen LogP contribution in [0.5, 0.6) is 11.5 Å². The second-order valence-electron chi connectivity index (χ2n) is 13.6. The Balaban J connectivity index is 1.28. The number of carbonyl (C=O) groups excluding carboxylic acids is 4. The van der Waals surface area contributed by atoms with Crippen molar-refractivity contribution >= 4 is 58.3 Å². The van der Waals surface area contributed by atoms with Gasteiger partial charge in [-0.25, -0.2) is 4.39 Å². The first-order valence-electron chi connectivity index (χ1n) is 16.9. The molecule has 3 aromatic carbocycles. The molecule has 4 amide bonds. The van der Waals surface area contributed by atoms with Gasteiger partial charge in [0.1, 0.15) is 5.82 Å². The highest BCUT2D eigenvalue weighted by atomic mass is 35.5. The molecule has 3 heterocycles. The Morgan fingerprint density at radius 3 is 2.48 bits per heavy atom. The van der Waals surface area contributed by atoms with Gasteiger partial charge in [-0.3, -0.25) is 29.5 Å². The number of imide groups is 2. The lowest BCUT2D eigenvalue weighted by Crippen LogP contribution is -2.54. The molecule has 0 radical (unpaired) electrons. The van der Waals surface area contributed by atoms with Gasteiger partial charge in [0.15, 0.2) is 11.5 Å². The van der Waals surface area contributed by atoms with E-state index in [-0.39, 0.29) is 36.3 Å². The fraction of sp³-hybridized carbons (Fsp3) is 0.250. The molecular weight excluding hydrogens is 705 g/mol. The maximum Gasteiger partial charge on any atom is 0.260 e.